The molecule has 34 heavy (non-hydrogen) atoms. The number of benzene rings is 2. The minimum Gasteiger partial charge on any atom is -0.311 e. The second-order valence-electron chi connectivity index (χ2n) is 8.77. The third kappa shape index (κ3) is 4.70. The van der Waals surface area contributed by atoms with Gasteiger partial charge in [0.15, 0.2) is 5.13 Å². The van der Waals surface area contributed by atoms with Gasteiger partial charge in [-0.3, -0.25) is 14.4 Å². The summed E-state index contributed by atoms with van der Waals surface area (Å²) in [6.07, 6.45) is 3.30. The van der Waals surface area contributed by atoms with E-state index in [-0.39, 0.29) is 16.8 Å². The van der Waals surface area contributed by atoms with Crippen molar-refractivity contribution in [1.29, 1.82) is 0 Å². The predicted molar refractivity (Wildman–Crippen MR) is 135 cm³/mol. The summed E-state index contributed by atoms with van der Waals surface area (Å²) in [4.78, 5) is 21.4. The summed E-state index contributed by atoms with van der Waals surface area (Å²) in [6.45, 7) is 4.38. The van der Waals surface area contributed by atoms with Gasteiger partial charge in [0.1, 0.15) is 0 Å². The molecule has 178 valence electrons. The molecule has 3 heterocycles. The van der Waals surface area contributed by atoms with Crippen LogP contribution in [-0.4, -0.2) is 49.9 Å². The van der Waals surface area contributed by atoms with Crippen LogP contribution in [0.5, 0.6) is 0 Å². The number of sulfonamides is 1. The third-order valence-corrected chi connectivity index (χ3v) is 8.88. The minimum atomic E-state index is -3.72. The average Bonchev–Trinajstić information content (AvgIpc) is 3.54. The number of hydrogen-bond donors (Lipinski definition) is 1. The molecule has 2 fully saturated rings. The van der Waals surface area contributed by atoms with Crippen LogP contribution in [0, 0.1) is 6.92 Å². The van der Waals surface area contributed by atoms with Gasteiger partial charge in [-0.05, 0) is 79.8 Å². The number of thiazole rings is 1. The fourth-order valence-corrected chi connectivity index (χ4v) is 6.94. The SMILES string of the molecule is Cc1cc(Cl)cc([C@@H]2CCN([C@@H]3CCN(c4ccc(S(=O)(=O)Nc5nccs5)cc4)C3=O)C2)c1. The molecule has 7 nitrogen and oxygen atoms in total. The van der Waals surface area contributed by atoms with Crippen molar-refractivity contribution in [3.63, 3.8) is 0 Å². The van der Waals surface area contributed by atoms with Gasteiger partial charge in [-0.2, -0.15) is 0 Å². The number of aryl methyl sites for hydroxylation is 1. The molecule has 2 aromatic carbocycles. The molecule has 0 unspecified atom stereocenters. The number of nitrogens with one attached hydrogen (secondary N) is 1. The van der Waals surface area contributed by atoms with Crippen molar-refractivity contribution in [2.75, 3.05) is 29.3 Å². The van der Waals surface area contributed by atoms with E-state index < -0.39 is 10.0 Å². The number of halogens is 1. The Morgan fingerprint density at radius 2 is 1.91 bits per heavy atom. The van der Waals surface area contributed by atoms with E-state index in [4.69, 9.17) is 11.6 Å². The van der Waals surface area contributed by atoms with Gasteiger partial charge in [0.2, 0.25) is 5.91 Å². The normalized spacial score (nSPS) is 21.4. The maximum atomic E-state index is 13.3. The first-order valence-corrected chi connectivity index (χ1v) is 13.9. The maximum Gasteiger partial charge on any atom is 0.263 e. The van der Waals surface area contributed by atoms with Crippen LogP contribution in [0.2, 0.25) is 5.02 Å². The van der Waals surface area contributed by atoms with Gasteiger partial charge in [-0.1, -0.05) is 17.7 Å². The molecule has 1 N–H and O–H groups in total. The number of nitrogens with zero attached hydrogens (tertiary/aromatic N) is 3. The molecule has 1 aromatic heterocycles. The Morgan fingerprint density at radius 1 is 1.12 bits per heavy atom. The summed E-state index contributed by atoms with van der Waals surface area (Å²) in [5, 5.41) is 2.77. The Balaban J connectivity index is 1.25. The highest BCUT2D eigenvalue weighted by Crippen LogP contribution is 2.34. The standard InChI is InChI=1S/C24H25ClN4O3S2/c1-16-12-18(14-19(25)13-16)17-6-9-28(15-17)22-7-10-29(23(22)30)20-2-4-21(5-3-20)34(31,32)27-24-26-8-11-33-24/h2-5,8,11-14,17,22H,6-7,9-10,15H2,1H3,(H,26,27)/t17-,22-/m1/s1. The van der Waals surface area contributed by atoms with Gasteiger partial charge in [0.25, 0.3) is 10.0 Å². The molecule has 1 amide bonds. The fraction of sp³-hybridized carbons (Fsp3) is 0.333. The lowest BCUT2D eigenvalue weighted by Gasteiger charge is -2.23. The summed E-state index contributed by atoms with van der Waals surface area (Å²) in [5.74, 6) is 0.438. The predicted octanol–water partition coefficient (Wildman–Crippen LogP) is 4.50. The summed E-state index contributed by atoms with van der Waals surface area (Å²) in [6, 6.07) is 12.5. The summed E-state index contributed by atoms with van der Waals surface area (Å²) in [5.41, 5.74) is 3.09. The molecule has 5 rings (SSSR count). The van der Waals surface area contributed by atoms with Crippen molar-refractivity contribution >= 4 is 49.7 Å². The molecular weight excluding hydrogens is 492 g/mol. The third-order valence-electron chi connectivity index (χ3n) is 6.49. The van der Waals surface area contributed by atoms with Crippen LogP contribution in [0.1, 0.15) is 29.9 Å². The van der Waals surface area contributed by atoms with Gasteiger partial charge in [-0.15, -0.1) is 11.3 Å². The molecule has 0 radical (unpaired) electrons. The lowest BCUT2D eigenvalue weighted by atomic mass is 9.97. The van der Waals surface area contributed by atoms with Gasteiger partial charge >= 0.3 is 0 Å². The Hall–Kier alpha value is -2.46. The molecular formula is C24H25ClN4O3S2. The lowest BCUT2D eigenvalue weighted by Crippen LogP contribution is -2.40. The summed E-state index contributed by atoms with van der Waals surface area (Å²) >= 11 is 7.47. The zero-order chi connectivity index (χ0) is 23.9. The number of aromatic nitrogens is 1. The number of anilines is 2. The van der Waals surface area contributed by atoms with Crippen LogP contribution in [0.15, 0.2) is 58.9 Å². The van der Waals surface area contributed by atoms with Crippen LogP contribution < -0.4 is 9.62 Å². The van der Waals surface area contributed by atoms with E-state index in [0.717, 1.165) is 36.5 Å². The number of likely N-dealkylation sites (tertiary alicyclic amines) is 1. The maximum absolute atomic E-state index is 13.3. The van der Waals surface area contributed by atoms with Crippen molar-refractivity contribution < 1.29 is 13.2 Å². The van der Waals surface area contributed by atoms with Crippen molar-refractivity contribution in [3.8, 4) is 0 Å². The van der Waals surface area contributed by atoms with E-state index >= 15 is 0 Å². The van der Waals surface area contributed by atoms with Crippen LogP contribution >= 0.6 is 22.9 Å². The van der Waals surface area contributed by atoms with Gasteiger partial charge in [0.05, 0.1) is 10.9 Å². The van der Waals surface area contributed by atoms with E-state index in [0.29, 0.717) is 23.3 Å². The highest BCUT2D eigenvalue weighted by molar-refractivity contribution is 7.93. The molecule has 0 aliphatic carbocycles. The Morgan fingerprint density at radius 3 is 2.62 bits per heavy atom. The highest BCUT2D eigenvalue weighted by atomic mass is 35.5. The molecule has 0 spiro atoms. The fourth-order valence-electron chi connectivity index (χ4n) is 4.86. The van der Waals surface area contributed by atoms with Crippen molar-refractivity contribution in [2.45, 2.75) is 36.6 Å². The molecule has 3 aromatic rings. The molecule has 2 saturated heterocycles. The van der Waals surface area contributed by atoms with E-state index in [1.54, 1.807) is 28.6 Å². The smallest absolute Gasteiger partial charge is 0.263 e. The molecule has 10 heteroatoms. The number of carbonyl (C=O) groups excluding carboxylic acids is 1. The molecule has 0 saturated carbocycles. The zero-order valence-electron chi connectivity index (χ0n) is 18.6. The van der Waals surface area contributed by atoms with Crippen LogP contribution in [0.4, 0.5) is 10.8 Å². The molecule has 0 bridgehead atoms. The molecule has 2 aliphatic heterocycles. The largest absolute Gasteiger partial charge is 0.311 e. The van der Waals surface area contributed by atoms with Gasteiger partial charge < -0.3 is 4.90 Å². The number of rotatable bonds is 6. The van der Waals surface area contributed by atoms with Crippen molar-refractivity contribution in [1.82, 2.24) is 9.88 Å². The number of hydrogen-bond acceptors (Lipinski definition) is 6. The number of carbonyl (C=O) groups is 1. The average molecular weight is 517 g/mol. The monoisotopic (exact) mass is 516 g/mol. The Bertz CT molecular complexity index is 1280. The van der Waals surface area contributed by atoms with E-state index in [9.17, 15) is 13.2 Å². The lowest BCUT2D eigenvalue weighted by molar-refractivity contribution is -0.121. The summed E-state index contributed by atoms with van der Waals surface area (Å²) in [7, 11) is -3.72. The minimum absolute atomic E-state index is 0.0689. The quantitative estimate of drug-likeness (QED) is 0.521. The second-order valence-corrected chi connectivity index (χ2v) is 11.8. The first kappa shape index (κ1) is 23.3. The first-order valence-electron chi connectivity index (χ1n) is 11.1. The highest BCUT2D eigenvalue weighted by Gasteiger charge is 2.40. The van der Waals surface area contributed by atoms with E-state index in [1.807, 2.05) is 19.1 Å². The first-order chi connectivity index (χ1) is 16.3. The Kier molecular flexibility index (Phi) is 6.37. The zero-order valence-corrected chi connectivity index (χ0v) is 21.0. The van der Waals surface area contributed by atoms with Crippen molar-refractivity contribution in [2.24, 2.45) is 0 Å². The van der Waals surface area contributed by atoms with E-state index in [1.165, 1.54) is 29.0 Å². The molecule has 2 atom stereocenters. The number of amides is 1. The molecule has 2 aliphatic rings. The van der Waals surface area contributed by atoms with Crippen LogP contribution in [-0.2, 0) is 14.8 Å². The van der Waals surface area contributed by atoms with Gasteiger partial charge in [-0.25, -0.2) is 13.4 Å². The second kappa shape index (κ2) is 9.30. The van der Waals surface area contributed by atoms with Crippen LogP contribution in [0.3, 0.4) is 0 Å². The summed E-state index contributed by atoms with van der Waals surface area (Å²) < 4.78 is 27.6. The topological polar surface area (TPSA) is 82.6 Å². The van der Waals surface area contributed by atoms with E-state index in [2.05, 4.69) is 20.7 Å². The van der Waals surface area contributed by atoms with Gasteiger partial charge in [0, 0.05) is 35.4 Å². The van der Waals surface area contributed by atoms with Crippen molar-refractivity contribution in [3.05, 3.63) is 70.2 Å². The Labute approximate surface area is 208 Å². The van der Waals surface area contributed by atoms with Crippen LogP contribution in [0.25, 0.3) is 0 Å².